The predicted octanol–water partition coefficient (Wildman–Crippen LogP) is 10.7. The van der Waals surface area contributed by atoms with Crippen LogP contribution in [0.2, 0.25) is 0 Å². The third kappa shape index (κ3) is 17.5. The highest BCUT2D eigenvalue weighted by molar-refractivity contribution is 5.77. The van der Waals surface area contributed by atoms with Gasteiger partial charge in [-0.3, -0.25) is 29.1 Å². The zero-order chi connectivity index (χ0) is 100. The summed E-state index contributed by atoms with van der Waals surface area (Å²) in [5, 5.41) is 0. The highest BCUT2D eigenvalue weighted by atomic mass is 16.6. The number of hydrogen-bond acceptors (Lipinski definition) is 18. The van der Waals surface area contributed by atoms with Crippen molar-refractivity contribution in [3.8, 4) is 34.5 Å². The quantitative estimate of drug-likeness (QED) is 0.0666. The molecule has 6 aliphatic rings. The summed E-state index contributed by atoms with van der Waals surface area (Å²) in [4.78, 5) is 41.9. The number of nitrogens with zero attached hydrogens (tertiary/aromatic N) is 3. The molecule has 18 heteroatoms. The molecule has 12 unspecified atom stereocenters. The van der Waals surface area contributed by atoms with E-state index in [4.69, 9.17) is 94.1 Å². The summed E-state index contributed by atoms with van der Waals surface area (Å²) in [5.74, 6) is -27.0. The Labute approximate surface area is 594 Å². The van der Waals surface area contributed by atoms with E-state index in [-0.39, 0.29) is 76.8 Å². The molecule has 15 atom stereocenters. The van der Waals surface area contributed by atoms with Crippen molar-refractivity contribution in [1.82, 2.24) is 14.7 Å². The molecule has 0 aromatic heterocycles. The fourth-order valence-electron chi connectivity index (χ4n) is 10.1. The first-order valence-electron chi connectivity index (χ1n) is 48.8. The number of carbonyl (C=O) groups is 3. The molecular formula is C72H114N6O12. The second kappa shape index (κ2) is 32.5. The van der Waals surface area contributed by atoms with E-state index in [0.717, 1.165) is 15.9 Å². The summed E-state index contributed by atoms with van der Waals surface area (Å²) in [6, 6.07) is -2.74. The van der Waals surface area contributed by atoms with Gasteiger partial charge < -0.3 is 59.8 Å². The molecule has 6 heterocycles. The lowest BCUT2D eigenvalue weighted by Crippen LogP contribution is -2.51. The van der Waals surface area contributed by atoms with Crippen molar-refractivity contribution in [1.29, 1.82) is 0 Å². The van der Waals surface area contributed by atoms with Gasteiger partial charge >= 0.3 is 17.9 Å². The van der Waals surface area contributed by atoms with E-state index in [2.05, 4.69) is 0 Å². The van der Waals surface area contributed by atoms with Crippen LogP contribution in [0.4, 0.5) is 0 Å². The van der Waals surface area contributed by atoms with Crippen LogP contribution in [0.15, 0.2) is 36.4 Å². The van der Waals surface area contributed by atoms with Crippen molar-refractivity contribution in [3.63, 3.8) is 0 Å². The van der Waals surface area contributed by atoms with Crippen LogP contribution in [0.3, 0.4) is 0 Å². The smallest absolute Gasteiger partial charge is 0.323 e. The van der Waals surface area contributed by atoms with E-state index in [1.165, 1.54) is 87.5 Å². The van der Waals surface area contributed by atoms with Crippen molar-refractivity contribution in [2.24, 2.45) is 70.3 Å². The number of methoxy groups -OCH3 is 6. The van der Waals surface area contributed by atoms with Crippen LogP contribution in [-0.4, -0.2) is 151 Å². The van der Waals surface area contributed by atoms with Crippen LogP contribution < -0.4 is 45.6 Å². The first-order chi connectivity index (χ1) is 57.6. The molecule has 0 aliphatic carbocycles. The average molecular weight is 1290 g/mol. The summed E-state index contributed by atoms with van der Waals surface area (Å²) in [5.41, 5.74) is 18.8. The number of piperidine rings is 3. The maximum absolute atomic E-state index is 13.3. The molecule has 3 saturated heterocycles. The van der Waals surface area contributed by atoms with Gasteiger partial charge in [0.1, 0.15) is 36.4 Å². The van der Waals surface area contributed by atoms with E-state index >= 15 is 0 Å². The Balaban J connectivity index is 0.000000265. The third-order valence-corrected chi connectivity index (χ3v) is 15.2. The SMILES string of the molecule is [2H]C([2H])([2H])C([2H])(C)C([2H])([2H])C1([2H])C(OC(=O)[C@@H](N)C(C)C)C([2H])([2H])C2([2H])c3cc(OC)c(OC)cc3CCN2C1([2H])[2H].[2H]C([2H])([2H])C([2H])(C)C([2H])([2H])C1([2H])C([2H])([2H])N2CCc3cc(OC)c(OC)cc3C2C([2H])([2H])C1([2H])OC(=O)[C@@H](N)C(C)C.[2H]C([2H])([2H])Oc1cc2c(cc1OC)C1N(CC2)C([2H])([2H])C([2H])(C([2H])([2H])C([2H])(C)C([2H])([2H])[2H])C([2H])(OC(=O)[C@@H](N)C(C)C)C1([2H])[2H]. The molecule has 3 aromatic rings. The van der Waals surface area contributed by atoms with Crippen molar-refractivity contribution < 1.29 is 110 Å². The molecule has 0 spiro atoms. The second-order valence-corrected chi connectivity index (χ2v) is 22.8. The molecule has 3 fully saturated rings. The zero-order valence-electron chi connectivity index (χ0n) is 92.4. The lowest BCUT2D eigenvalue weighted by atomic mass is 9.79. The van der Waals surface area contributed by atoms with Gasteiger partial charge in [0.15, 0.2) is 34.5 Å². The number of benzene rings is 3. The number of esters is 3. The first-order valence-corrected chi connectivity index (χ1v) is 29.3. The van der Waals surface area contributed by atoms with Crippen LogP contribution in [-0.2, 0) is 47.9 Å². The Morgan fingerprint density at radius 1 is 0.500 bits per heavy atom. The molecule has 0 bridgehead atoms. The Kier molecular flexibility index (Phi) is 12.7. The standard InChI is InChI=1S/3C24H38N2O4/c3*1-14(2)9-17-13-26-8-7-16-10-21(28-5)22(29-6)11-18(16)19(26)12-20(17)30-24(27)23(25)15(3)4/h3*10-11,14-15,17,19-20,23H,7-9,12-13,25H2,1-6H3/t3*17?,19?,20?,23-/m000/s1/i1D3,5D3,9D2,12D2,13D2,14D,17D,20D;1D3,9D2,12D2,13D2,14D,17D,20D;1D3,9D2,12D2,13D2,14D,17D,19D/t3*14?,17?,19?,20?,23-. The molecule has 90 heavy (non-hydrogen) atoms. The second-order valence-electron chi connectivity index (χ2n) is 22.8. The lowest BCUT2D eigenvalue weighted by molar-refractivity contribution is -0.161. The van der Waals surface area contributed by atoms with Crippen LogP contribution in [0, 0.1) is 53.1 Å². The molecule has 6 aliphatic heterocycles. The summed E-state index contributed by atoms with van der Waals surface area (Å²) >= 11 is 0. The van der Waals surface area contributed by atoms with E-state index in [9.17, 15) is 33.6 Å². The van der Waals surface area contributed by atoms with Gasteiger partial charge in [0.2, 0.25) is 0 Å². The number of fused-ring (bicyclic) bond motifs is 9. The average Bonchev–Trinajstić information content (AvgIpc) is 1.54. The number of nitrogens with two attached hydrogens (primary N) is 3. The largest absolute Gasteiger partial charge is 0.493 e. The Bertz CT molecular complexity index is 4660. The molecule has 9 rings (SSSR count). The Hall–Kier alpha value is -5.37. The molecule has 18 nitrogen and oxygen atoms in total. The summed E-state index contributed by atoms with van der Waals surface area (Å²) in [6.07, 6.45) is -31.9. The van der Waals surface area contributed by atoms with Crippen LogP contribution in [0.5, 0.6) is 34.5 Å². The predicted molar refractivity (Wildman–Crippen MR) is 353 cm³/mol. The third-order valence-electron chi connectivity index (χ3n) is 15.2. The van der Waals surface area contributed by atoms with E-state index < -0.39 is 224 Å². The number of ether oxygens (including phenoxy) is 9. The monoisotopic (exact) mass is 1290 g/mol. The lowest BCUT2D eigenvalue weighted by Gasteiger charge is -2.47. The van der Waals surface area contributed by atoms with E-state index in [1.54, 1.807) is 19.9 Å². The van der Waals surface area contributed by atoms with Gasteiger partial charge in [0, 0.05) is 139 Å². The van der Waals surface area contributed by atoms with Crippen molar-refractivity contribution >= 4 is 17.9 Å². The minimum absolute atomic E-state index is 0.00504. The summed E-state index contributed by atoms with van der Waals surface area (Å²) < 4.78 is 387. The molecular weight excluding hydrogens is 1140 g/mol. The summed E-state index contributed by atoms with van der Waals surface area (Å²) in [6.45, 7) is -10.9. The highest BCUT2D eigenvalue weighted by Gasteiger charge is 2.45. The van der Waals surface area contributed by atoms with Gasteiger partial charge in [-0.1, -0.05) is 82.9 Å². The summed E-state index contributed by atoms with van der Waals surface area (Å²) in [7, 11) is 3.67. The van der Waals surface area contributed by atoms with E-state index in [0.29, 0.717) is 42.5 Å². The molecule has 0 saturated carbocycles. The molecule has 6 N–H and O–H groups in total. The Morgan fingerprint density at radius 2 is 0.833 bits per heavy atom. The van der Waals surface area contributed by atoms with Gasteiger partial charge in [-0.25, -0.2) is 0 Å². The van der Waals surface area contributed by atoms with Gasteiger partial charge in [0.25, 0.3) is 0 Å². The van der Waals surface area contributed by atoms with Crippen LogP contribution >= 0.6 is 0 Å². The Morgan fingerprint density at radius 3 is 1.21 bits per heavy atom. The van der Waals surface area contributed by atoms with Gasteiger partial charge in [0.05, 0.1) is 50.8 Å². The normalized spacial score (nSPS) is 42.5. The minimum atomic E-state index is -3.95. The highest BCUT2D eigenvalue weighted by Crippen LogP contribution is 2.48. The molecule has 504 valence electrons. The van der Waals surface area contributed by atoms with Gasteiger partial charge in [-0.15, -0.1) is 0 Å². The topological polar surface area (TPSA) is 222 Å². The first kappa shape index (κ1) is 35.2. The molecule has 0 radical (unpaired) electrons. The molecule has 3 aromatic carbocycles. The van der Waals surface area contributed by atoms with Crippen LogP contribution in [0.1, 0.15) is 226 Å². The maximum Gasteiger partial charge on any atom is 0.323 e. The van der Waals surface area contributed by atoms with Crippen LogP contribution in [0.25, 0.3) is 0 Å². The zero-order valence-corrected chi connectivity index (χ0v) is 53.4. The van der Waals surface area contributed by atoms with Gasteiger partial charge in [-0.05, 0) is 144 Å². The van der Waals surface area contributed by atoms with Gasteiger partial charge in [-0.2, -0.15) is 0 Å². The number of carbonyl (C=O) groups excluding carboxylic acids is 3. The van der Waals surface area contributed by atoms with Crippen molar-refractivity contribution in [3.05, 3.63) is 69.8 Å². The number of rotatable bonds is 21. The fourth-order valence-corrected chi connectivity index (χ4v) is 10.1. The van der Waals surface area contributed by atoms with Crippen molar-refractivity contribution in [2.75, 3.05) is 81.7 Å². The minimum Gasteiger partial charge on any atom is -0.493 e. The fraction of sp³-hybridized carbons (Fsp3) is 0.708. The van der Waals surface area contributed by atoms with Crippen molar-refractivity contribution in [2.45, 2.75) is 195 Å². The molecule has 0 amide bonds. The maximum atomic E-state index is 13.3. The van der Waals surface area contributed by atoms with E-state index in [1.807, 2.05) is 0 Å². The number of hydrogen-bond donors (Lipinski definition) is 3.